The summed E-state index contributed by atoms with van der Waals surface area (Å²) in [7, 11) is 2.11. The lowest BCUT2D eigenvalue weighted by atomic mass is 10.4. The van der Waals surface area contributed by atoms with Crippen molar-refractivity contribution >= 4 is 0 Å². The molecule has 0 saturated carbocycles. The molecule has 0 bridgehead atoms. The predicted octanol–water partition coefficient (Wildman–Crippen LogP) is 1.36. The van der Waals surface area contributed by atoms with Crippen molar-refractivity contribution in [1.82, 2.24) is 4.90 Å². The zero-order valence-corrected chi connectivity index (χ0v) is 7.55. The van der Waals surface area contributed by atoms with Crippen molar-refractivity contribution < 1.29 is 4.74 Å². The van der Waals surface area contributed by atoms with E-state index >= 15 is 0 Å². The smallest absolute Gasteiger partial charge is 0.0673 e. The summed E-state index contributed by atoms with van der Waals surface area (Å²) in [6.45, 7) is 9.23. The normalized spacial score (nSPS) is 14.1. The van der Waals surface area contributed by atoms with Gasteiger partial charge in [-0.1, -0.05) is 6.92 Å². The Balaban J connectivity index is 3.27. The van der Waals surface area contributed by atoms with Gasteiger partial charge in [0.15, 0.2) is 0 Å². The van der Waals surface area contributed by atoms with Crippen LogP contribution >= 0.6 is 0 Å². The molecular formula is C8H19NO. The zero-order valence-electron chi connectivity index (χ0n) is 7.55. The Kier molecular flexibility index (Phi) is 5.64. The van der Waals surface area contributed by atoms with E-state index in [9.17, 15) is 0 Å². The molecular weight excluding hydrogens is 126 g/mol. The van der Waals surface area contributed by atoms with Gasteiger partial charge in [-0.05, 0) is 27.4 Å². The van der Waals surface area contributed by atoms with Gasteiger partial charge in [0, 0.05) is 13.2 Å². The van der Waals surface area contributed by atoms with Crippen LogP contribution in [-0.2, 0) is 4.74 Å². The van der Waals surface area contributed by atoms with E-state index in [1.54, 1.807) is 0 Å². The van der Waals surface area contributed by atoms with Crippen LogP contribution in [0.1, 0.15) is 20.8 Å². The Labute approximate surface area is 64.2 Å². The molecule has 0 N–H and O–H groups in total. The van der Waals surface area contributed by atoms with Crippen LogP contribution in [0.15, 0.2) is 0 Å². The van der Waals surface area contributed by atoms with E-state index < -0.39 is 0 Å². The highest BCUT2D eigenvalue weighted by Crippen LogP contribution is 1.92. The molecule has 0 aromatic rings. The van der Waals surface area contributed by atoms with Crippen molar-refractivity contribution in [3.05, 3.63) is 0 Å². The molecule has 0 saturated heterocycles. The Bertz CT molecular complexity index is 75.7. The summed E-state index contributed by atoms with van der Waals surface area (Å²) in [6.07, 6.45) is 0.370. The zero-order chi connectivity index (χ0) is 7.98. The molecule has 0 heterocycles. The summed E-state index contributed by atoms with van der Waals surface area (Å²) in [5.74, 6) is 0. The van der Waals surface area contributed by atoms with Crippen molar-refractivity contribution in [2.24, 2.45) is 0 Å². The van der Waals surface area contributed by atoms with E-state index in [0.717, 1.165) is 19.7 Å². The lowest BCUT2D eigenvalue weighted by molar-refractivity contribution is 0.0531. The second kappa shape index (κ2) is 5.69. The predicted molar refractivity (Wildman–Crippen MR) is 44.3 cm³/mol. The minimum absolute atomic E-state index is 0.370. The Morgan fingerprint density at radius 2 is 2.00 bits per heavy atom. The maximum Gasteiger partial charge on any atom is 0.0673 e. The molecule has 0 spiro atoms. The molecule has 2 heteroatoms. The van der Waals surface area contributed by atoms with Gasteiger partial charge in [-0.3, -0.25) is 0 Å². The van der Waals surface area contributed by atoms with Gasteiger partial charge in [0.2, 0.25) is 0 Å². The SMILES string of the molecule is CCOC(C)CN(C)CC. The summed E-state index contributed by atoms with van der Waals surface area (Å²) < 4.78 is 5.37. The van der Waals surface area contributed by atoms with Crippen LogP contribution in [0.3, 0.4) is 0 Å². The first-order valence-electron chi connectivity index (χ1n) is 4.00. The molecule has 0 aliphatic rings. The van der Waals surface area contributed by atoms with Crippen LogP contribution in [0, 0.1) is 0 Å². The molecule has 0 radical (unpaired) electrons. The average molecular weight is 145 g/mol. The van der Waals surface area contributed by atoms with Crippen molar-refractivity contribution in [3.8, 4) is 0 Å². The van der Waals surface area contributed by atoms with Gasteiger partial charge in [-0.25, -0.2) is 0 Å². The fourth-order valence-electron chi connectivity index (χ4n) is 0.905. The number of hydrogen-bond donors (Lipinski definition) is 0. The summed E-state index contributed by atoms with van der Waals surface area (Å²) in [5, 5.41) is 0. The quantitative estimate of drug-likeness (QED) is 0.579. The molecule has 0 aliphatic heterocycles. The van der Waals surface area contributed by atoms with Gasteiger partial charge >= 0.3 is 0 Å². The molecule has 0 aromatic heterocycles. The lowest BCUT2D eigenvalue weighted by Crippen LogP contribution is -2.28. The fraction of sp³-hybridized carbons (Fsp3) is 1.00. The highest BCUT2D eigenvalue weighted by atomic mass is 16.5. The Morgan fingerprint density at radius 1 is 1.40 bits per heavy atom. The van der Waals surface area contributed by atoms with Gasteiger partial charge in [0.05, 0.1) is 6.10 Å². The van der Waals surface area contributed by atoms with Crippen molar-refractivity contribution in [2.75, 3.05) is 26.7 Å². The van der Waals surface area contributed by atoms with Crippen LogP contribution in [0.5, 0.6) is 0 Å². The second-order valence-corrected chi connectivity index (χ2v) is 2.62. The first kappa shape index (κ1) is 9.92. The minimum atomic E-state index is 0.370. The molecule has 10 heavy (non-hydrogen) atoms. The molecule has 2 nitrogen and oxygen atoms in total. The van der Waals surface area contributed by atoms with E-state index in [1.165, 1.54) is 0 Å². The number of rotatable bonds is 5. The third-order valence-electron chi connectivity index (χ3n) is 1.56. The third-order valence-corrected chi connectivity index (χ3v) is 1.56. The van der Waals surface area contributed by atoms with E-state index in [1.807, 2.05) is 6.92 Å². The van der Waals surface area contributed by atoms with Gasteiger partial charge in [-0.15, -0.1) is 0 Å². The maximum absolute atomic E-state index is 5.37. The lowest BCUT2D eigenvalue weighted by Gasteiger charge is -2.19. The van der Waals surface area contributed by atoms with Crippen LogP contribution in [-0.4, -0.2) is 37.7 Å². The number of nitrogens with zero attached hydrogens (tertiary/aromatic N) is 1. The number of hydrogen-bond acceptors (Lipinski definition) is 2. The largest absolute Gasteiger partial charge is 0.377 e. The van der Waals surface area contributed by atoms with Crippen LogP contribution in [0.25, 0.3) is 0 Å². The molecule has 0 amide bonds. The first-order chi connectivity index (χ1) is 4.70. The molecule has 0 aliphatic carbocycles. The van der Waals surface area contributed by atoms with E-state index in [0.29, 0.717) is 6.10 Å². The van der Waals surface area contributed by atoms with Crippen LogP contribution < -0.4 is 0 Å². The second-order valence-electron chi connectivity index (χ2n) is 2.62. The van der Waals surface area contributed by atoms with Crippen LogP contribution in [0.2, 0.25) is 0 Å². The monoisotopic (exact) mass is 145 g/mol. The summed E-state index contributed by atoms with van der Waals surface area (Å²) >= 11 is 0. The van der Waals surface area contributed by atoms with Gasteiger partial charge < -0.3 is 9.64 Å². The van der Waals surface area contributed by atoms with Gasteiger partial charge in [0.25, 0.3) is 0 Å². The van der Waals surface area contributed by atoms with Gasteiger partial charge in [0.1, 0.15) is 0 Å². The molecule has 1 unspecified atom stereocenters. The van der Waals surface area contributed by atoms with Crippen LogP contribution in [0.4, 0.5) is 0 Å². The molecule has 0 aromatic carbocycles. The number of ether oxygens (including phenoxy) is 1. The van der Waals surface area contributed by atoms with Crippen molar-refractivity contribution in [2.45, 2.75) is 26.9 Å². The summed E-state index contributed by atoms with van der Waals surface area (Å²) in [5.41, 5.74) is 0. The fourth-order valence-corrected chi connectivity index (χ4v) is 0.905. The Hall–Kier alpha value is -0.0800. The molecule has 0 rings (SSSR count). The number of likely N-dealkylation sites (N-methyl/N-ethyl adjacent to an activating group) is 1. The summed E-state index contributed by atoms with van der Waals surface area (Å²) in [6, 6.07) is 0. The molecule has 0 fully saturated rings. The van der Waals surface area contributed by atoms with Crippen molar-refractivity contribution in [1.29, 1.82) is 0 Å². The topological polar surface area (TPSA) is 12.5 Å². The molecule has 62 valence electrons. The van der Waals surface area contributed by atoms with E-state index in [4.69, 9.17) is 4.74 Å². The maximum atomic E-state index is 5.37. The highest BCUT2D eigenvalue weighted by Gasteiger charge is 2.02. The van der Waals surface area contributed by atoms with Gasteiger partial charge in [-0.2, -0.15) is 0 Å². The highest BCUT2D eigenvalue weighted by molar-refractivity contribution is 4.54. The summed E-state index contributed by atoms with van der Waals surface area (Å²) in [4.78, 5) is 2.25. The van der Waals surface area contributed by atoms with E-state index in [-0.39, 0.29) is 0 Å². The van der Waals surface area contributed by atoms with E-state index in [2.05, 4.69) is 25.8 Å². The Morgan fingerprint density at radius 3 is 2.40 bits per heavy atom. The minimum Gasteiger partial charge on any atom is -0.377 e. The average Bonchev–Trinajstić information content (AvgIpc) is 1.88. The standard InChI is InChI=1S/C8H19NO/c1-5-9(4)7-8(3)10-6-2/h8H,5-7H2,1-4H3. The molecule has 1 atom stereocenters. The first-order valence-corrected chi connectivity index (χ1v) is 4.00. The third kappa shape index (κ3) is 4.77. The van der Waals surface area contributed by atoms with Crippen molar-refractivity contribution in [3.63, 3.8) is 0 Å².